The van der Waals surface area contributed by atoms with E-state index in [2.05, 4.69) is 15.1 Å². The second-order valence-electron chi connectivity index (χ2n) is 6.28. The molecule has 3 heterocycles. The number of halogens is 1. The van der Waals surface area contributed by atoms with E-state index in [0.717, 1.165) is 10.9 Å². The van der Waals surface area contributed by atoms with Crippen LogP contribution in [0.3, 0.4) is 0 Å². The standard InChI is InChI=1S/C20H16ClN5O/c1-25(2)20(27)16-10-17(24-18-9-14(21)6-7-15(16)18)13-11-23-26(12-13)19-5-3-4-8-22-19/h3-12H,1-2H3. The van der Waals surface area contributed by atoms with Gasteiger partial charge in [0.05, 0.1) is 23.0 Å². The highest BCUT2D eigenvalue weighted by Crippen LogP contribution is 2.27. The minimum absolute atomic E-state index is 0.0944. The van der Waals surface area contributed by atoms with Gasteiger partial charge in [0, 0.05) is 42.5 Å². The van der Waals surface area contributed by atoms with Crippen LogP contribution in [0.4, 0.5) is 0 Å². The maximum absolute atomic E-state index is 12.7. The van der Waals surface area contributed by atoms with Gasteiger partial charge in [-0.2, -0.15) is 5.10 Å². The normalized spacial score (nSPS) is 10.9. The van der Waals surface area contributed by atoms with Crippen LogP contribution in [0.25, 0.3) is 28.0 Å². The second-order valence-corrected chi connectivity index (χ2v) is 6.71. The van der Waals surface area contributed by atoms with Gasteiger partial charge < -0.3 is 4.90 Å². The number of carbonyl (C=O) groups excluding carboxylic acids is 1. The number of amides is 1. The van der Waals surface area contributed by atoms with Crippen molar-refractivity contribution in [3.63, 3.8) is 0 Å². The highest BCUT2D eigenvalue weighted by atomic mass is 35.5. The van der Waals surface area contributed by atoms with Crippen LogP contribution in [0.15, 0.2) is 61.1 Å². The van der Waals surface area contributed by atoms with Gasteiger partial charge in [-0.15, -0.1) is 0 Å². The molecule has 0 unspecified atom stereocenters. The lowest BCUT2D eigenvalue weighted by Gasteiger charge is -2.13. The summed E-state index contributed by atoms with van der Waals surface area (Å²) >= 11 is 6.14. The molecule has 27 heavy (non-hydrogen) atoms. The van der Waals surface area contributed by atoms with Crippen molar-refractivity contribution in [3.8, 4) is 17.1 Å². The Labute approximate surface area is 161 Å². The van der Waals surface area contributed by atoms with Crippen molar-refractivity contribution in [2.24, 2.45) is 0 Å². The Balaban J connectivity index is 1.87. The molecular weight excluding hydrogens is 362 g/mol. The Morgan fingerprint density at radius 1 is 1.15 bits per heavy atom. The minimum Gasteiger partial charge on any atom is -0.345 e. The van der Waals surface area contributed by atoms with Crippen molar-refractivity contribution in [3.05, 3.63) is 71.6 Å². The molecule has 134 valence electrons. The molecule has 0 saturated heterocycles. The molecule has 3 aromatic heterocycles. The predicted molar refractivity (Wildman–Crippen MR) is 105 cm³/mol. The van der Waals surface area contributed by atoms with Crippen molar-refractivity contribution in [1.82, 2.24) is 24.6 Å². The van der Waals surface area contributed by atoms with Crippen molar-refractivity contribution in [2.45, 2.75) is 0 Å². The van der Waals surface area contributed by atoms with E-state index >= 15 is 0 Å². The first kappa shape index (κ1) is 17.2. The fourth-order valence-electron chi connectivity index (χ4n) is 2.84. The molecule has 0 saturated carbocycles. The highest BCUT2D eigenvalue weighted by molar-refractivity contribution is 6.31. The zero-order valence-corrected chi connectivity index (χ0v) is 15.6. The summed E-state index contributed by atoms with van der Waals surface area (Å²) in [6.07, 6.45) is 5.25. The number of hydrogen-bond donors (Lipinski definition) is 0. The Kier molecular flexibility index (Phi) is 4.33. The van der Waals surface area contributed by atoms with E-state index in [1.807, 2.05) is 30.5 Å². The average Bonchev–Trinajstić information content (AvgIpc) is 3.17. The fourth-order valence-corrected chi connectivity index (χ4v) is 3.00. The van der Waals surface area contributed by atoms with Gasteiger partial charge in [0.25, 0.3) is 5.91 Å². The van der Waals surface area contributed by atoms with Gasteiger partial charge in [-0.1, -0.05) is 23.7 Å². The van der Waals surface area contributed by atoms with Crippen LogP contribution in [0, 0.1) is 0 Å². The lowest BCUT2D eigenvalue weighted by Crippen LogP contribution is -2.22. The summed E-state index contributed by atoms with van der Waals surface area (Å²) in [5.74, 6) is 0.611. The number of benzene rings is 1. The van der Waals surface area contributed by atoms with Gasteiger partial charge in [-0.25, -0.2) is 14.6 Å². The number of rotatable bonds is 3. The first-order chi connectivity index (χ1) is 13.0. The van der Waals surface area contributed by atoms with Crippen LogP contribution in [-0.4, -0.2) is 44.7 Å². The number of fused-ring (bicyclic) bond motifs is 1. The number of aromatic nitrogens is 4. The van der Waals surface area contributed by atoms with Crippen LogP contribution in [0.1, 0.15) is 10.4 Å². The monoisotopic (exact) mass is 377 g/mol. The van der Waals surface area contributed by atoms with Crippen LogP contribution in [-0.2, 0) is 0 Å². The Morgan fingerprint density at radius 2 is 2.00 bits per heavy atom. The van der Waals surface area contributed by atoms with Crippen LogP contribution < -0.4 is 0 Å². The van der Waals surface area contributed by atoms with E-state index in [-0.39, 0.29) is 5.91 Å². The molecule has 4 aromatic rings. The van der Waals surface area contributed by atoms with Crippen molar-refractivity contribution in [1.29, 1.82) is 0 Å². The second kappa shape index (κ2) is 6.81. The molecule has 0 aliphatic carbocycles. The van der Waals surface area contributed by atoms with Crippen molar-refractivity contribution >= 4 is 28.4 Å². The SMILES string of the molecule is CN(C)C(=O)c1cc(-c2cnn(-c3ccccn3)c2)nc2cc(Cl)ccc12. The molecule has 0 radical (unpaired) electrons. The predicted octanol–water partition coefficient (Wildman–Crippen LogP) is 3.84. The summed E-state index contributed by atoms with van der Waals surface area (Å²) in [5, 5.41) is 5.69. The van der Waals surface area contributed by atoms with E-state index < -0.39 is 0 Å². The largest absolute Gasteiger partial charge is 0.345 e. The fraction of sp³-hybridized carbons (Fsp3) is 0.100. The zero-order valence-electron chi connectivity index (χ0n) is 14.8. The van der Waals surface area contributed by atoms with Gasteiger partial charge in [0.2, 0.25) is 0 Å². The summed E-state index contributed by atoms with van der Waals surface area (Å²) in [7, 11) is 3.45. The van der Waals surface area contributed by atoms with Crippen molar-refractivity contribution in [2.75, 3.05) is 14.1 Å². The summed E-state index contributed by atoms with van der Waals surface area (Å²) in [4.78, 5) is 23.2. The van der Waals surface area contributed by atoms with Gasteiger partial charge in [-0.3, -0.25) is 4.79 Å². The van der Waals surface area contributed by atoms with E-state index in [4.69, 9.17) is 11.6 Å². The molecule has 0 atom stereocenters. The van der Waals surface area contributed by atoms with Gasteiger partial charge >= 0.3 is 0 Å². The van der Waals surface area contributed by atoms with Crippen molar-refractivity contribution < 1.29 is 4.79 Å². The number of pyridine rings is 2. The smallest absolute Gasteiger partial charge is 0.254 e. The maximum atomic E-state index is 12.7. The molecule has 4 rings (SSSR count). The van der Waals surface area contributed by atoms with E-state index in [0.29, 0.717) is 27.6 Å². The third-order valence-electron chi connectivity index (χ3n) is 4.17. The molecule has 0 fully saturated rings. The summed E-state index contributed by atoms with van der Waals surface area (Å²) < 4.78 is 1.67. The van der Waals surface area contributed by atoms with E-state index in [1.54, 1.807) is 54.3 Å². The highest BCUT2D eigenvalue weighted by Gasteiger charge is 2.16. The zero-order chi connectivity index (χ0) is 19.0. The van der Waals surface area contributed by atoms with Crippen LogP contribution in [0.2, 0.25) is 5.02 Å². The van der Waals surface area contributed by atoms with E-state index in [9.17, 15) is 4.79 Å². The third-order valence-corrected chi connectivity index (χ3v) is 4.41. The van der Waals surface area contributed by atoms with Gasteiger partial charge in [-0.05, 0) is 30.3 Å². The molecule has 0 N–H and O–H groups in total. The molecule has 1 aromatic carbocycles. The molecule has 0 bridgehead atoms. The topological polar surface area (TPSA) is 63.9 Å². The molecule has 7 heteroatoms. The summed E-state index contributed by atoms with van der Waals surface area (Å²) in [5.41, 5.74) is 2.67. The molecular formula is C20H16ClN5O. The first-order valence-electron chi connectivity index (χ1n) is 8.31. The molecule has 0 aliphatic rings. The lowest BCUT2D eigenvalue weighted by atomic mass is 10.0. The molecule has 1 amide bonds. The molecule has 6 nitrogen and oxygen atoms in total. The quantitative estimate of drug-likeness (QED) is 0.544. The minimum atomic E-state index is -0.0944. The molecule has 0 spiro atoms. The summed E-state index contributed by atoms with van der Waals surface area (Å²) in [6.45, 7) is 0. The Bertz CT molecular complexity index is 1140. The van der Waals surface area contributed by atoms with Gasteiger partial charge in [0.15, 0.2) is 5.82 Å². The number of carbonyl (C=O) groups is 1. The third kappa shape index (κ3) is 3.27. The molecule has 0 aliphatic heterocycles. The number of hydrogen-bond acceptors (Lipinski definition) is 4. The lowest BCUT2D eigenvalue weighted by molar-refractivity contribution is 0.0829. The van der Waals surface area contributed by atoms with Gasteiger partial charge in [0.1, 0.15) is 0 Å². The Morgan fingerprint density at radius 3 is 2.74 bits per heavy atom. The summed E-state index contributed by atoms with van der Waals surface area (Å²) in [6, 6.07) is 12.7. The van der Waals surface area contributed by atoms with Crippen LogP contribution >= 0.6 is 11.6 Å². The maximum Gasteiger partial charge on any atom is 0.254 e. The first-order valence-corrected chi connectivity index (χ1v) is 8.69. The van der Waals surface area contributed by atoms with Crippen LogP contribution in [0.5, 0.6) is 0 Å². The number of nitrogens with zero attached hydrogens (tertiary/aromatic N) is 5. The Hall–Kier alpha value is -3.25. The van der Waals surface area contributed by atoms with E-state index in [1.165, 1.54) is 0 Å². The average molecular weight is 378 g/mol.